The number of aromatic nitrogens is 3. The van der Waals surface area contributed by atoms with Crippen LogP contribution in [0, 0.1) is 11.8 Å². The van der Waals surface area contributed by atoms with Crippen LogP contribution in [0.25, 0.3) is 11.2 Å². The molecule has 2 aliphatic heterocycles. The van der Waals surface area contributed by atoms with E-state index in [1.807, 2.05) is 12.3 Å². The van der Waals surface area contributed by atoms with Crippen molar-refractivity contribution in [2.45, 2.75) is 32.2 Å². The highest BCUT2D eigenvalue weighted by Gasteiger charge is 2.22. The van der Waals surface area contributed by atoms with E-state index in [-0.39, 0.29) is 0 Å². The Balaban J connectivity index is 1.62. The highest BCUT2D eigenvalue weighted by molar-refractivity contribution is 7.99. The van der Waals surface area contributed by atoms with Gasteiger partial charge in [-0.05, 0) is 67.8 Å². The van der Waals surface area contributed by atoms with Crippen LogP contribution >= 0.6 is 11.8 Å². The third kappa shape index (κ3) is 3.01. The van der Waals surface area contributed by atoms with Crippen molar-refractivity contribution in [3.63, 3.8) is 0 Å². The van der Waals surface area contributed by atoms with Gasteiger partial charge in [-0.3, -0.25) is 0 Å². The van der Waals surface area contributed by atoms with Crippen molar-refractivity contribution in [1.29, 1.82) is 0 Å². The third-order valence-corrected chi connectivity index (χ3v) is 6.21. The van der Waals surface area contributed by atoms with E-state index in [9.17, 15) is 0 Å². The summed E-state index contributed by atoms with van der Waals surface area (Å²) in [4.78, 5) is 9.54. The van der Waals surface area contributed by atoms with Crippen LogP contribution < -0.4 is 5.32 Å². The van der Waals surface area contributed by atoms with Crippen LogP contribution in [0.1, 0.15) is 25.1 Å². The normalized spacial score (nSPS) is 23.4. The molecule has 118 valence electrons. The fourth-order valence-corrected chi connectivity index (χ4v) is 4.95. The van der Waals surface area contributed by atoms with Crippen molar-refractivity contribution in [1.82, 2.24) is 19.9 Å². The van der Waals surface area contributed by atoms with Gasteiger partial charge < -0.3 is 9.88 Å². The number of imidazole rings is 1. The summed E-state index contributed by atoms with van der Waals surface area (Å²) in [5.41, 5.74) is 2.15. The Labute approximate surface area is 136 Å². The zero-order valence-electron chi connectivity index (χ0n) is 13.0. The van der Waals surface area contributed by atoms with Gasteiger partial charge in [0.25, 0.3) is 0 Å². The largest absolute Gasteiger partial charge is 0.317 e. The van der Waals surface area contributed by atoms with Gasteiger partial charge >= 0.3 is 0 Å². The first kappa shape index (κ1) is 14.5. The van der Waals surface area contributed by atoms with Gasteiger partial charge in [0.05, 0.1) is 0 Å². The molecule has 2 saturated heterocycles. The summed E-state index contributed by atoms with van der Waals surface area (Å²) in [6.45, 7) is 3.41. The molecule has 0 bridgehead atoms. The number of fused-ring (bicyclic) bond motifs is 1. The molecule has 1 N–H and O–H groups in total. The molecule has 0 spiro atoms. The molecule has 5 heteroatoms. The maximum atomic E-state index is 4.92. The number of piperidine rings is 1. The van der Waals surface area contributed by atoms with Gasteiger partial charge in [0.1, 0.15) is 11.3 Å². The molecule has 0 amide bonds. The lowest BCUT2D eigenvalue weighted by atomic mass is 9.94. The second kappa shape index (κ2) is 6.59. The zero-order chi connectivity index (χ0) is 14.8. The van der Waals surface area contributed by atoms with E-state index in [0.29, 0.717) is 0 Å². The monoisotopic (exact) mass is 316 g/mol. The molecule has 0 aliphatic carbocycles. The Morgan fingerprint density at radius 3 is 2.95 bits per heavy atom. The minimum Gasteiger partial charge on any atom is -0.317 e. The van der Waals surface area contributed by atoms with E-state index in [1.165, 1.54) is 36.6 Å². The number of nitrogens with zero attached hydrogens (tertiary/aromatic N) is 3. The van der Waals surface area contributed by atoms with Gasteiger partial charge in [0.15, 0.2) is 5.65 Å². The van der Waals surface area contributed by atoms with Gasteiger partial charge in [-0.15, -0.1) is 0 Å². The molecular formula is C17H24N4S. The summed E-state index contributed by atoms with van der Waals surface area (Å²) >= 11 is 2.09. The summed E-state index contributed by atoms with van der Waals surface area (Å²) in [5, 5.41) is 3.46. The Bertz CT molecular complexity index is 627. The highest BCUT2D eigenvalue weighted by Crippen LogP contribution is 2.28. The van der Waals surface area contributed by atoms with Crippen molar-refractivity contribution >= 4 is 22.9 Å². The molecule has 4 nitrogen and oxygen atoms in total. The van der Waals surface area contributed by atoms with Crippen molar-refractivity contribution in [2.24, 2.45) is 11.8 Å². The SMILES string of the molecule is c1cnc2c(c1)nc(CC1CCNCC1)n2CC1CCSC1. The van der Waals surface area contributed by atoms with E-state index < -0.39 is 0 Å². The van der Waals surface area contributed by atoms with E-state index in [1.54, 1.807) is 0 Å². The summed E-state index contributed by atoms with van der Waals surface area (Å²) in [7, 11) is 0. The first-order valence-corrected chi connectivity index (χ1v) is 9.64. The average Bonchev–Trinajstić information content (AvgIpc) is 3.18. The molecule has 2 aromatic rings. The second-order valence-electron chi connectivity index (χ2n) is 6.61. The van der Waals surface area contributed by atoms with Crippen molar-refractivity contribution in [2.75, 3.05) is 24.6 Å². The van der Waals surface area contributed by atoms with Crippen LogP contribution in [0.5, 0.6) is 0 Å². The lowest BCUT2D eigenvalue weighted by molar-refractivity contribution is 0.359. The van der Waals surface area contributed by atoms with Crippen LogP contribution in [-0.2, 0) is 13.0 Å². The Morgan fingerprint density at radius 1 is 1.23 bits per heavy atom. The molecule has 2 fully saturated rings. The quantitative estimate of drug-likeness (QED) is 0.942. The molecule has 0 radical (unpaired) electrons. The van der Waals surface area contributed by atoms with Crippen molar-refractivity contribution in [3.8, 4) is 0 Å². The third-order valence-electron chi connectivity index (χ3n) is 4.98. The topological polar surface area (TPSA) is 42.7 Å². The molecule has 0 saturated carbocycles. The number of rotatable bonds is 4. The first-order valence-electron chi connectivity index (χ1n) is 8.49. The molecule has 4 heterocycles. The van der Waals surface area contributed by atoms with Crippen LogP contribution in [0.15, 0.2) is 18.3 Å². The summed E-state index contributed by atoms with van der Waals surface area (Å²) in [5.74, 6) is 5.43. The molecule has 0 aromatic carbocycles. The summed E-state index contributed by atoms with van der Waals surface area (Å²) in [6, 6.07) is 4.10. The predicted octanol–water partition coefficient (Wildman–Crippen LogP) is 2.73. The van der Waals surface area contributed by atoms with Crippen molar-refractivity contribution < 1.29 is 0 Å². The van der Waals surface area contributed by atoms with Crippen LogP contribution in [0.2, 0.25) is 0 Å². The van der Waals surface area contributed by atoms with Gasteiger partial charge in [0, 0.05) is 19.2 Å². The molecule has 22 heavy (non-hydrogen) atoms. The van der Waals surface area contributed by atoms with Crippen LogP contribution in [0.3, 0.4) is 0 Å². The van der Waals surface area contributed by atoms with Crippen molar-refractivity contribution in [3.05, 3.63) is 24.2 Å². The van der Waals surface area contributed by atoms with Gasteiger partial charge in [0.2, 0.25) is 0 Å². The number of pyridine rings is 1. The second-order valence-corrected chi connectivity index (χ2v) is 7.76. The Morgan fingerprint density at radius 2 is 2.14 bits per heavy atom. The minimum absolute atomic E-state index is 0.773. The standard InChI is InChI=1S/C17H24N4S/c1-2-15-17(19-6-1)21(11-14-5-9-22-12-14)16(20-15)10-13-3-7-18-8-4-13/h1-2,6,13-14,18H,3-5,7-12H2. The average molecular weight is 316 g/mol. The zero-order valence-corrected chi connectivity index (χ0v) is 13.8. The lowest BCUT2D eigenvalue weighted by Gasteiger charge is -2.23. The predicted molar refractivity (Wildman–Crippen MR) is 92.3 cm³/mol. The highest BCUT2D eigenvalue weighted by atomic mass is 32.2. The number of nitrogens with one attached hydrogen (secondary N) is 1. The number of hydrogen-bond acceptors (Lipinski definition) is 4. The van der Waals surface area contributed by atoms with Gasteiger partial charge in [-0.2, -0.15) is 11.8 Å². The van der Waals surface area contributed by atoms with Crippen LogP contribution in [-0.4, -0.2) is 39.1 Å². The number of hydrogen-bond donors (Lipinski definition) is 1. The molecule has 1 atom stereocenters. The molecule has 2 aromatic heterocycles. The Hall–Kier alpha value is -1.07. The fraction of sp³-hybridized carbons (Fsp3) is 0.647. The Kier molecular flexibility index (Phi) is 4.35. The number of thioether (sulfide) groups is 1. The molecule has 2 aliphatic rings. The minimum atomic E-state index is 0.773. The van der Waals surface area contributed by atoms with E-state index in [2.05, 4.69) is 32.7 Å². The summed E-state index contributed by atoms with van der Waals surface area (Å²) in [6.07, 6.45) is 6.89. The molecular weight excluding hydrogens is 292 g/mol. The fourth-order valence-electron chi connectivity index (χ4n) is 3.68. The van der Waals surface area contributed by atoms with Gasteiger partial charge in [-0.1, -0.05) is 0 Å². The van der Waals surface area contributed by atoms with Crippen LogP contribution in [0.4, 0.5) is 0 Å². The summed E-state index contributed by atoms with van der Waals surface area (Å²) < 4.78 is 2.42. The first-order chi connectivity index (χ1) is 10.9. The van der Waals surface area contributed by atoms with E-state index >= 15 is 0 Å². The van der Waals surface area contributed by atoms with Gasteiger partial charge in [-0.25, -0.2) is 9.97 Å². The maximum absolute atomic E-state index is 4.92. The van der Waals surface area contributed by atoms with E-state index in [4.69, 9.17) is 4.98 Å². The van der Waals surface area contributed by atoms with E-state index in [0.717, 1.165) is 49.1 Å². The molecule has 4 rings (SSSR count). The molecule has 1 unspecified atom stereocenters. The maximum Gasteiger partial charge on any atom is 0.159 e. The smallest absolute Gasteiger partial charge is 0.159 e. The lowest BCUT2D eigenvalue weighted by Crippen LogP contribution is -2.29.